The largest absolute Gasteiger partial charge is 0.383 e. The maximum absolute atomic E-state index is 11.8. The third kappa shape index (κ3) is 2.42. The van der Waals surface area contributed by atoms with E-state index >= 15 is 0 Å². The number of nitrogens with one attached hydrogen (secondary N) is 2. The monoisotopic (exact) mass is 252 g/mol. The second-order valence-corrected chi connectivity index (χ2v) is 4.80. The summed E-state index contributed by atoms with van der Waals surface area (Å²) in [6.45, 7) is 2.47. The summed E-state index contributed by atoms with van der Waals surface area (Å²) in [6.07, 6.45) is 5.23. The molecule has 1 saturated carbocycles. The van der Waals surface area contributed by atoms with Crippen LogP contribution in [0, 0.1) is 0 Å². The quantitative estimate of drug-likeness (QED) is 0.741. The van der Waals surface area contributed by atoms with Crippen molar-refractivity contribution in [1.29, 1.82) is 0 Å². The molecule has 0 aromatic carbocycles. The molecule has 0 atom stereocenters. The highest BCUT2D eigenvalue weighted by Crippen LogP contribution is 2.22. The van der Waals surface area contributed by atoms with Gasteiger partial charge in [-0.3, -0.25) is 14.3 Å². The summed E-state index contributed by atoms with van der Waals surface area (Å²) in [6, 6.07) is 0.293. The summed E-state index contributed by atoms with van der Waals surface area (Å²) in [5, 5.41) is 3.17. The molecule has 1 aromatic heterocycles. The van der Waals surface area contributed by atoms with E-state index in [2.05, 4.69) is 10.3 Å². The standard InChI is InChI=1S/C12H20N4O2/c1-2-7-16-10(13)9(11(17)15-12(16)18)14-8-5-3-4-6-8/h8,14H,2-7,13H2,1H3,(H,15,17,18). The van der Waals surface area contributed by atoms with E-state index < -0.39 is 11.2 Å². The smallest absolute Gasteiger partial charge is 0.330 e. The highest BCUT2D eigenvalue weighted by Gasteiger charge is 2.19. The van der Waals surface area contributed by atoms with E-state index in [0.29, 0.717) is 18.3 Å². The van der Waals surface area contributed by atoms with Crippen LogP contribution >= 0.6 is 0 Å². The molecular weight excluding hydrogens is 232 g/mol. The molecule has 1 heterocycles. The molecule has 18 heavy (non-hydrogen) atoms. The number of aromatic amines is 1. The van der Waals surface area contributed by atoms with Crippen LogP contribution < -0.4 is 22.3 Å². The lowest BCUT2D eigenvalue weighted by Gasteiger charge is -2.17. The maximum Gasteiger partial charge on any atom is 0.330 e. The Morgan fingerprint density at radius 2 is 2.06 bits per heavy atom. The van der Waals surface area contributed by atoms with E-state index in [0.717, 1.165) is 19.3 Å². The van der Waals surface area contributed by atoms with Crippen LogP contribution in [0.4, 0.5) is 11.5 Å². The number of anilines is 2. The van der Waals surface area contributed by atoms with Crippen LogP contribution in [0.25, 0.3) is 0 Å². The van der Waals surface area contributed by atoms with Crippen molar-refractivity contribution in [1.82, 2.24) is 9.55 Å². The number of H-pyrrole nitrogens is 1. The van der Waals surface area contributed by atoms with Crippen molar-refractivity contribution >= 4 is 11.5 Å². The second-order valence-electron chi connectivity index (χ2n) is 4.80. The summed E-state index contributed by atoms with van der Waals surface area (Å²) >= 11 is 0. The van der Waals surface area contributed by atoms with Gasteiger partial charge in [0.15, 0.2) is 0 Å². The first-order chi connectivity index (χ1) is 8.63. The van der Waals surface area contributed by atoms with Crippen LogP contribution in [0.15, 0.2) is 9.59 Å². The van der Waals surface area contributed by atoms with Gasteiger partial charge in [-0.2, -0.15) is 0 Å². The zero-order valence-electron chi connectivity index (χ0n) is 10.7. The molecule has 1 aliphatic carbocycles. The predicted molar refractivity (Wildman–Crippen MR) is 71.9 cm³/mol. The number of nitrogens with two attached hydrogens (primary N) is 1. The summed E-state index contributed by atoms with van der Waals surface area (Å²) in [4.78, 5) is 25.7. The van der Waals surface area contributed by atoms with Crippen LogP contribution in [-0.4, -0.2) is 15.6 Å². The van der Waals surface area contributed by atoms with E-state index in [9.17, 15) is 9.59 Å². The fourth-order valence-corrected chi connectivity index (χ4v) is 2.45. The van der Waals surface area contributed by atoms with E-state index in [1.165, 1.54) is 17.4 Å². The van der Waals surface area contributed by atoms with Gasteiger partial charge >= 0.3 is 5.69 Å². The minimum Gasteiger partial charge on any atom is -0.383 e. The topological polar surface area (TPSA) is 92.9 Å². The average molecular weight is 252 g/mol. The highest BCUT2D eigenvalue weighted by molar-refractivity contribution is 5.60. The van der Waals surface area contributed by atoms with Crippen molar-refractivity contribution in [2.24, 2.45) is 0 Å². The molecule has 6 nitrogen and oxygen atoms in total. The van der Waals surface area contributed by atoms with Gasteiger partial charge in [-0.1, -0.05) is 19.8 Å². The van der Waals surface area contributed by atoms with Gasteiger partial charge in [0.05, 0.1) is 0 Å². The van der Waals surface area contributed by atoms with Crippen molar-refractivity contribution in [2.45, 2.75) is 51.6 Å². The Morgan fingerprint density at radius 1 is 1.39 bits per heavy atom. The molecule has 100 valence electrons. The van der Waals surface area contributed by atoms with Crippen molar-refractivity contribution < 1.29 is 0 Å². The molecule has 0 aliphatic heterocycles. The minimum absolute atomic E-state index is 0.248. The average Bonchev–Trinajstić information content (AvgIpc) is 2.83. The molecular formula is C12H20N4O2. The van der Waals surface area contributed by atoms with Gasteiger partial charge in [0.2, 0.25) is 0 Å². The summed E-state index contributed by atoms with van der Waals surface area (Å²) in [5.74, 6) is 0.248. The molecule has 1 aliphatic rings. The lowest BCUT2D eigenvalue weighted by molar-refractivity contribution is 0.640. The zero-order valence-corrected chi connectivity index (χ0v) is 10.7. The third-order valence-corrected chi connectivity index (χ3v) is 3.39. The van der Waals surface area contributed by atoms with Gasteiger partial charge in [0, 0.05) is 12.6 Å². The number of hydrogen-bond donors (Lipinski definition) is 3. The molecule has 6 heteroatoms. The van der Waals surface area contributed by atoms with E-state index in [-0.39, 0.29) is 5.82 Å². The molecule has 1 fully saturated rings. The normalized spacial score (nSPS) is 16.1. The lowest BCUT2D eigenvalue weighted by atomic mass is 10.2. The number of nitrogen functional groups attached to an aromatic ring is 1. The lowest BCUT2D eigenvalue weighted by Crippen LogP contribution is -2.35. The summed E-state index contributed by atoms with van der Waals surface area (Å²) < 4.78 is 1.42. The van der Waals surface area contributed by atoms with Crippen molar-refractivity contribution in [3.8, 4) is 0 Å². The first-order valence-electron chi connectivity index (χ1n) is 6.52. The van der Waals surface area contributed by atoms with Gasteiger partial charge < -0.3 is 11.1 Å². The molecule has 0 saturated heterocycles. The SMILES string of the molecule is CCCn1c(N)c(NC2CCCC2)c(=O)[nH]c1=O. The Morgan fingerprint density at radius 3 is 2.67 bits per heavy atom. The summed E-state index contributed by atoms with van der Waals surface area (Å²) in [5.41, 5.74) is 5.42. The minimum atomic E-state index is -0.434. The van der Waals surface area contributed by atoms with E-state index in [1.54, 1.807) is 0 Å². The van der Waals surface area contributed by atoms with Gasteiger partial charge in [-0.25, -0.2) is 4.79 Å². The fraction of sp³-hybridized carbons (Fsp3) is 0.667. The van der Waals surface area contributed by atoms with Crippen LogP contribution in [-0.2, 0) is 6.54 Å². The van der Waals surface area contributed by atoms with Crippen molar-refractivity contribution in [2.75, 3.05) is 11.1 Å². The molecule has 2 rings (SSSR count). The number of nitrogens with zero attached hydrogens (tertiary/aromatic N) is 1. The van der Waals surface area contributed by atoms with Crippen LogP contribution in [0.5, 0.6) is 0 Å². The Bertz CT molecular complexity index is 526. The van der Waals surface area contributed by atoms with Crippen molar-refractivity contribution in [3.05, 3.63) is 20.8 Å². The van der Waals surface area contributed by atoms with Gasteiger partial charge in [-0.15, -0.1) is 0 Å². The third-order valence-electron chi connectivity index (χ3n) is 3.39. The Kier molecular flexibility index (Phi) is 3.74. The molecule has 0 unspecified atom stereocenters. The number of rotatable bonds is 4. The highest BCUT2D eigenvalue weighted by atomic mass is 16.2. The Hall–Kier alpha value is -1.72. The Labute approximate surface area is 105 Å². The molecule has 0 amide bonds. The molecule has 0 bridgehead atoms. The van der Waals surface area contributed by atoms with Crippen LogP contribution in [0.3, 0.4) is 0 Å². The second kappa shape index (κ2) is 5.29. The summed E-state index contributed by atoms with van der Waals surface area (Å²) in [7, 11) is 0. The molecule has 4 N–H and O–H groups in total. The Balaban J connectivity index is 2.36. The molecule has 1 aromatic rings. The van der Waals surface area contributed by atoms with Gasteiger partial charge in [-0.05, 0) is 19.3 Å². The van der Waals surface area contributed by atoms with E-state index in [1.807, 2.05) is 6.92 Å². The molecule has 0 radical (unpaired) electrons. The van der Waals surface area contributed by atoms with Crippen molar-refractivity contribution in [3.63, 3.8) is 0 Å². The van der Waals surface area contributed by atoms with Gasteiger partial charge in [0.1, 0.15) is 11.5 Å². The number of hydrogen-bond acceptors (Lipinski definition) is 4. The zero-order chi connectivity index (χ0) is 13.1. The first kappa shape index (κ1) is 12.7. The first-order valence-corrected chi connectivity index (χ1v) is 6.52. The van der Waals surface area contributed by atoms with E-state index in [4.69, 9.17) is 5.73 Å². The van der Waals surface area contributed by atoms with Crippen LogP contribution in [0.2, 0.25) is 0 Å². The molecule has 0 spiro atoms. The van der Waals surface area contributed by atoms with Crippen LogP contribution in [0.1, 0.15) is 39.0 Å². The maximum atomic E-state index is 11.8. The van der Waals surface area contributed by atoms with Gasteiger partial charge in [0.25, 0.3) is 5.56 Å². The predicted octanol–water partition coefficient (Wildman–Crippen LogP) is 0.883. The number of aromatic nitrogens is 2. The fourth-order valence-electron chi connectivity index (χ4n) is 2.45.